The normalized spacial score (nSPS) is 13.1. The van der Waals surface area contributed by atoms with Crippen LogP contribution >= 0.6 is 46.4 Å². The molecule has 2 aromatic heterocycles. The Morgan fingerprint density at radius 3 is 1.53 bits per heavy atom. The van der Waals surface area contributed by atoms with Crippen LogP contribution in [0.3, 0.4) is 0 Å². The molecule has 0 saturated heterocycles. The molecule has 2 aliphatic carbocycles. The molecule has 4 N–H and O–H groups in total. The van der Waals surface area contributed by atoms with Crippen molar-refractivity contribution in [3.63, 3.8) is 0 Å². The van der Waals surface area contributed by atoms with Gasteiger partial charge in [-0.15, -0.1) is 0 Å². The first kappa shape index (κ1) is 39.5. The van der Waals surface area contributed by atoms with E-state index in [0.29, 0.717) is 77.1 Å². The number of carbonyl (C=O) groups is 3. The number of ketones is 1. The van der Waals surface area contributed by atoms with Crippen molar-refractivity contribution in [1.82, 2.24) is 19.9 Å². The van der Waals surface area contributed by atoms with Crippen LogP contribution in [-0.4, -0.2) is 37.5 Å². The number of H-pyrrole nitrogens is 2. The number of hydrogen-bond donors (Lipinski definition) is 4. The van der Waals surface area contributed by atoms with Crippen molar-refractivity contribution in [3.05, 3.63) is 163 Å². The molecule has 2 amide bonds. The molecule has 0 radical (unpaired) electrons. The first-order valence-corrected chi connectivity index (χ1v) is 20.9. The molecule has 60 heavy (non-hydrogen) atoms. The minimum Gasteiger partial charge on any atom is -0.338 e. The van der Waals surface area contributed by atoms with Gasteiger partial charge in [0.2, 0.25) is 0 Å². The quantitative estimate of drug-likeness (QED) is 0.132. The molecule has 2 heterocycles. The number of fused-ring (bicyclic) bond motifs is 4. The summed E-state index contributed by atoms with van der Waals surface area (Å²) in [6, 6.07) is 32.8. The lowest BCUT2D eigenvalue weighted by Crippen LogP contribution is -2.14. The third-order valence-corrected chi connectivity index (χ3v) is 12.0. The standard InChI is InChI=1S/C24H17Cl2N3O2.C23H17Cl2N3O/c25-17-4-2-5-18(26)22(17)23-28-19-10-7-14(12-20(19)29-23)24(31)27-15-8-9-16-13(11-15)3-1-6-21(16)30;24-17-5-2-6-18(25)21(17)22-27-19-10-8-15(12-20(19)28-22)23(29)26-16-9-7-13-3-1-4-14(13)11-16/h2,4-5,7-12H,1,3,6H2,(H,27,31)(H,28,29);2,5-12H,1,3-4H2,(H,26,29)(H,27,28). The lowest BCUT2D eigenvalue weighted by molar-refractivity contribution is 0.0970. The summed E-state index contributed by atoms with van der Waals surface area (Å²) in [6.45, 7) is 0. The second-order valence-corrected chi connectivity index (χ2v) is 16.4. The van der Waals surface area contributed by atoms with Crippen LogP contribution in [0.5, 0.6) is 0 Å². The van der Waals surface area contributed by atoms with Gasteiger partial charge < -0.3 is 20.6 Å². The van der Waals surface area contributed by atoms with Gasteiger partial charge in [0, 0.05) is 34.5 Å². The van der Waals surface area contributed by atoms with Crippen molar-refractivity contribution in [3.8, 4) is 22.8 Å². The van der Waals surface area contributed by atoms with Crippen LogP contribution in [0.1, 0.15) is 67.0 Å². The molecule has 13 heteroatoms. The number of rotatable bonds is 6. The fraction of sp³-hybridized carbons (Fsp3) is 0.128. The predicted molar refractivity (Wildman–Crippen MR) is 241 cm³/mol. The molecule has 0 bridgehead atoms. The monoisotopic (exact) mass is 870 g/mol. The number of amides is 2. The zero-order valence-corrected chi connectivity index (χ0v) is 34.8. The number of benzene rings is 6. The van der Waals surface area contributed by atoms with Crippen LogP contribution < -0.4 is 10.6 Å². The highest BCUT2D eigenvalue weighted by molar-refractivity contribution is 6.39. The van der Waals surface area contributed by atoms with Gasteiger partial charge in [0.25, 0.3) is 11.8 Å². The molecule has 2 aliphatic rings. The van der Waals surface area contributed by atoms with Crippen LogP contribution in [0.15, 0.2) is 109 Å². The average Bonchev–Trinajstić information content (AvgIpc) is 3.99. The van der Waals surface area contributed by atoms with E-state index in [0.717, 1.165) is 53.5 Å². The number of hydrogen-bond acceptors (Lipinski definition) is 5. The number of nitrogens with zero attached hydrogens (tertiary/aromatic N) is 2. The number of aromatic nitrogens is 4. The molecule has 8 aromatic rings. The van der Waals surface area contributed by atoms with Gasteiger partial charge in [-0.05, 0) is 140 Å². The third-order valence-electron chi connectivity index (χ3n) is 10.8. The number of aryl methyl sites for hydroxylation is 3. The first-order valence-electron chi connectivity index (χ1n) is 19.4. The summed E-state index contributed by atoms with van der Waals surface area (Å²) >= 11 is 25.2. The van der Waals surface area contributed by atoms with E-state index in [2.05, 4.69) is 42.7 Å². The topological polar surface area (TPSA) is 133 Å². The molecule has 0 unspecified atom stereocenters. The average molecular weight is 873 g/mol. The summed E-state index contributed by atoms with van der Waals surface area (Å²) in [6.07, 6.45) is 5.66. The Hall–Kier alpha value is -5.97. The van der Waals surface area contributed by atoms with Crippen molar-refractivity contribution in [1.29, 1.82) is 0 Å². The SMILES string of the molecule is O=C(Nc1ccc2c(c1)CCC2)c1ccc2nc(-c3c(Cl)cccc3Cl)[nH]c2c1.O=C(Nc1ccc2c(c1)CCCC2=O)c1ccc2nc(-c3c(Cl)cccc3Cl)[nH]c2c1. The van der Waals surface area contributed by atoms with E-state index >= 15 is 0 Å². The molecule has 0 spiro atoms. The molecule has 298 valence electrons. The zero-order valence-electron chi connectivity index (χ0n) is 31.8. The van der Waals surface area contributed by atoms with Crippen LogP contribution in [-0.2, 0) is 19.3 Å². The lowest BCUT2D eigenvalue weighted by Gasteiger charge is -2.16. The second kappa shape index (κ2) is 16.6. The third kappa shape index (κ3) is 8.01. The van der Waals surface area contributed by atoms with E-state index in [1.54, 1.807) is 78.9 Å². The predicted octanol–water partition coefficient (Wildman–Crippen LogP) is 12.6. The van der Waals surface area contributed by atoms with Gasteiger partial charge in [0.15, 0.2) is 5.78 Å². The summed E-state index contributed by atoms with van der Waals surface area (Å²) in [5.74, 6) is 0.889. The largest absolute Gasteiger partial charge is 0.338 e. The maximum Gasteiger partial charge on any atom is 0.255 e. The Labute approximate surface area is 364 Å². The molecule has 9 nitrogen and oxygen atoms in total. The number of Topliss-reactive ketones (excluding diaryl/α,β-unsaturated/α-hetero) is 1. The Morgan fingerprint density at radius 1 is 0.517 bits per heavy atom. The van der Waals surface area contributed by atoms with Crippen molar-refractivity contribution in [2.24, 2.45) is 0 Å². The molecule has 0 atom stereocenters. The van der Waals surface area contributed by atoms with Gasteiger partial charge in [0.05, 0.1) is 53.3 Å². The number of halogens is 4. The first-order chi connectivity index (χ1) is 29.1. The van der Waals surface area contributed by atoms with Crippen molar-refractivity contribution in [2.75, 3.05) is 10.6 Å². The summed E-state index contributed by atoms with van der Waals surface area (Å²) in [5, 5.41) is 7.94. The highest BCUT2D eigenvalue weighted by Crippen LogP contribution is 2.36. The van der Waals surface area contributed by atoms with E-state index in [1.165, 1.54) is 17.5 Å². The maximum absolute atomic E-state index is 12.8. The highest BCUT2D eigenvalue weighted by Gasteiger charge is 2.20. The molecule has 0 fully saturated rings. The molecule has 6 aromatic carbocycles. The Morgan fingerprint density at radius 2 is 0.983 bits per heavy atom. The number of imidazole rings is 2. The van der Waals surface area contributed by atoms with Gasteiger partial charge in [0.1, 0.15) is 11.6 Å². The van der Waals surface area contributed by atoms with E-state index in [9.17, 15) is 14.4 Å². The van der Waals surface area contributed by atoms with Crippen LogP contribution in [0, 0.1) is 0 Å². The van der Waals surface area contributed by atoms with E-state index in [-0.39, 0.29) is 17.6 Å². The van der Waals surface area contributed by atoms with Gasteiger partial charge in [-0.1, -0.05) is 64.6 Å². The van der Waals surface area contributed by atoms with E-state index in [1.807, 2.05) is 18.2 Å². The summed E-state index contributed by atoms with van der Waals surface area (Å²) in [5.41, 5.74) is 11.2. The molecule has 10 rings (SSSR count). The maximum atomic E-state index is 12.8. The van der Waals surface area contributed by atoms with Crippen LogP contribution in [0.2, 0.25) is 20.1 Å². The zero-order chi connectivity index (χ0) is 41.5. The van der Waals surface area contributed by atoms with Crippen molar-refractivity contribution >= 4 is 97.4 Å². The molecular formula is C47H34Cl4N6O3. The van der Waals surface area contributed by atoms with Gasteiger partial charge in [-0.2, -0.15) is 0 Å². The number of anilines is 2. The van der Waals surface area contributed by atoms with Crippen molar-refractivity contribution < 1.29 is 14.4 Å². The fourth-order valence-electron chi connectivity index (χ4n) is 7.77. The Bertz CT molecular complexity index is 2990. The molecule has 0 aliphatic heterocycles. The van der Waals surface area contributed by atoms with Gasteiger partial charge >= 0.3 is 0 Å². The van der Waals surface area contributed by atoms with Gasteiger partial charge in [-0.25, -0.2) is 9.97 Å². The molecule has 0 saturated carbocycles. The Kier molecular flexibility index (Phi) is 10.9. The highest BCUT2D eigenvalue weighted by atomic mass is 35.5. The number of carbonyl (C=O) groups excluding carboxylic acids is 3. The minimum absolute atomic E-state index is 0.156. The second-order valence-electron chi connectivity index (χ2n) is 14.7. The summed E-state index contributed by atoms with van der Waals surface area (Å²) in [4.78, 5) is 53.1. The minimum atomic E-state index is -0.240. The lowest BCUT2D eigenvalue weighted by atomic mass is 9.90. The summed E-state index contributed by atoms with van der Waals surface area (Å²) < 4.78 is 0. The molecular weight excluding hydrogens is 838 g/mol. The van der Waals surface area contributed by atoms with E-state index < -0.39 is 0 Å². The summed E-state index contributed by atoms with van der Waals surface area (Å²) in [7, 11) is 0. The Balaban J connectivity index is 0.000000154. The van der Waals surface area contributed by atoms with E-state index in [4.69, 9.17) is 46.4 Å². The number of aromatic amines is 2. The van der Waals surface area contributed by atoms with Crippen LogP contribution in [0.25, 0.3) is 44.8 Å². The fourth-order valence-corrected chi connectivity index (χ4v) is 8.92. The smallest absolute Gasteiger partial charge is 0.255 e. The van der Waals surface area contributed by atoms with Crippen LogP contribution in [0.4, 0.5) is 11.4 Å². The van der Waals surface area contributed by atoms with Crippen molar-refractivity contribution in [2.45, 2.75) is 38.5 Å². The number of nitrogens with one attached hydrogen (secondary N) is 4. The van der Waals surface area contributed by atoms with Gasteiger partial charge in [-0.3, -0.25) is 14.4 Å².